The minimum Gasteiger partial charge on any atom is -0.493 e. The standard InChI is InChI=1S/C26H25ClN2O4/c1-32-23-11-10-18(13-24(23)33-2)22(29-16-19-7-3-4-9-21(19)26(29)31)14-25(30)28-15-17-6-5-8-20(27)12-17/h3-13,22H,14-16H2,1-2H3,(H,28,30). The van der Waals surface area contributed by atoms with Crippen LogP contribution in [0.4, 0.5) is 0 Å². The highest BCUT2D eigenvalue weighted by Gasteiger charge is 2.34. The predicted molar refractivity (Wildman–Crippen MR) is 127 cm³/mol. The molecule has 0 spiro atoms. The van der Waals surface area contributed by atoms with Gasteiger partial charge in [-0.25, -0.2) is 0 Å². The van der Waals surface area contributed by atoms with Crippen LogP contribution in [0.2, 0.25) is 5.02 Å². The van der Waals surface area contributed by atoms with Crippen LogP contribution in [-0.4, -0.2) is 30.9 Å². The number of rotatable bonds is 8. The molecular formula is C26H25ClN2O4. The van der Waals surface area contributed by atoms with Crippen LogP contribution in [0.15, 0.2) is 66.7 Å². The Kier molecular flexibility index (Phi) is 6.84. The second-order valence-corrected chi connectivity index (χ2v) is 8.27. The summed E-state index contributed by atoms with van der Waals surface area (Å²) in [4.78, 5) is 27.9. The SMILES string of the molecule is COc1ccc(C(CC(=O)NCc2cccc(Cl)c2)N2Cc3ccccc3C2=O)cc1OC. The zero-order valence-corrected chi connectivity index (χ0v) is 19.3. The van der Waals surface area contributed by atoms with Crippen LogP contribution in [0.1, 0.15) is 39.5 Å². The van der Waals surface area contributed by atoms with Gasteiger partial charge in [0.15, 0.2) is 11.5 Å². The third-order valence-corrected chi connectivity index (χ3v) is 6.01. The lowest BCUT2D eigenvalue weighted by Gasteiger charge is -2.28. The summed E-state index contributed by atoms with van der Waals surface area (Å²) in [5.74, 6) is 0.872. The van der Waals surface area contributed by atoms with Gasteiger partial charge in [-0.15, -0.1) is 0 Å². The monoisotopic (exact) mass is 464 g/mol. The fourth-order valence-electron chi connectivity index (χ4n) is 4.09. The van der Waals surface area contributed by atoms with E-state index >= 15 is 0 Å². The van der Waals surface area contributed by atoms with Gasteiger partial charge in [0.1, 0.15) is 0 Å². The molecule has 0 aromatic heterocycles. The number of hydrogen-bond donors (Lipinski definition) is 1. The molecule has 1 heterocycles. The number of hydrogen-bond acceptors (Lipinski definition) is 4. The molecular weight excluding hydrogens is 440 g/mol. The first-order chi connectivity index (χ1) is 16.0. The molecule has 1 aliphatic heterocycles. The maximum atomic E-state index is 13.2. The molecule has 3 aromatic carbocycles. The first kappa shape index (κ1) is 22.7. The molecule has 6 nitrogen and oxygen atoms in total. The Morgan fingerprint density at radius 1 is 1.03 bits per heavy atom. The molecule has 3 aromatic rings. The second kappa shape index (κ2) is 9.96. The topological polar surface area (TPSA) is 67.9 Å². The van der Waals surface area contributed by atoms with Crippen LogP contribution >= 0.6 is 11.6 Å². The van der Waals surface area contributed by atoms with E-state index in [4.69, 9.17) is 21.1 Å². The van der Waals surface area contributed by atoms with Gasteiger partial charge in [-0.3, -0.25) is 9.59 Å². The van der Waals surface area contributed by atoms with Gasteiger partial charge in [0.2, 0.25) is 5.91 Å². The predicted octanol–water partition coefficient (Wildman–Crippen LogP) is 4.76. The van der Waals surface area contributed by atoms with Crippen molar-refractivity contribution < 1.29 is 19.1 Å². The minimum atomic E-state index is -0.468. The Hall–Kier alpha value is -3.51. The summed E-state index contributed by atoms with van der Waals surface area (Å²) in [6.07, 6.45) is 0.107. The van der Waals surface area contributed by atoms with Gasteiger partial charge in [0.05, 0.1) is 26.7 Å². The minimum absolute atomic E-state index is 0.0898. The van der Waals surface area contributed by atoms with E-state index in [0.717, 1.165) is 16.7 Å². The van der Waals surface area contributed by atoms with Gasteiger partial charge >= 0.3 is 0 Å². The molecule has 0 saturated carbocycles. The maximum absolute atomic E-state index is 13.2. The van der Waals surface area contributed by atoms with Gasteiger partial charge in [-0.2, -0.15) is 0 Å². The number of nitrogens with zero attached hydrogens (tertiary/aromatic N) is 1. The van der Waals surface area contributed by atoms with Gasteiger partial charge in [0, 0.05) is 23.7 Å². The van der Waals surface area contributed by atoms with E-state index in [1.807, 2.05) is 54.6 Å². The molecule has 33 heavy (non-hydrogen) atoms. The maximum Gasteiger partial charge on any atom is 0.255 e. The number of fused-ring (bicyclic) bond motifs is 1. The normalized spacial score (nSPS) is 13.4. The van der Waals surface area contributed by atoms with Gasteiger partial charge in [-0.05, 0) is 47.0 Å². The van der Waals surface area contributed by atoms with E-state index in [2.05, 4.69) is 5.32 Å². The summed E-state index contributed by atoms with van der Waals surface area (Å²) in [7, 11) is 3.13. The third-order valence-electron chi connectivity index (χ3n) is 5.78. The zero-order chi connectivity index (χ0) is 23.4. The highest BCUT2D eigenvalue weighted by molar-refractivity contribution is 6.30. The lowest BCUT2D eigenvalue weighted by Crippen LogP contribution is -2.34. The van der Waals surface area contributed by atoms with Crippen LogP contribution in [0, 0.1) is 0 Å². The van der Waals surface area contributed by atoms with Crippen molar-refractivity contribution in [3.63, 3.8) is 0 Å². The average Bonchev–Trinajstić information content (AvgIpc) is 3.17. The molecule has 1 aliphatic rings. The largest absolute Gasteiger partial charge is 0.493 e. The van der Waals surface area contributed by atoms with Gasteiger partial charge in [0.25, 0.3) is 5.91 Å². The highest BCUT2D eigenvalue weighted by atomic mass is 35.5. The number of methoxy groups -OCH3 is 2. The van der Waals surface area contributed by atoms with E-state index in [1.54, 1.807) is 31.3 Å². The second-order valence-electron chi connectivity index (χ2n) is 7.83. The van der Waals surface area contributed by atoms with Crippen LogP contribution in [0.3, 0.4) is 0 Å². The van der Waals surface area contributed by atoms with Gasteiger partial charge < -0.3 is 19.7 Å². The van der Waals surface area contributed by atoms with E-state index in [1.165, 1.54) is 0 Å². The smallest absolute Gasteiger partial charge is 0.255 e. The molecule has 0 aliphatic carbocycles. The Morgan fingerprint density at radius 2 is 1.82 bits per heavy atom. The first-order valence-corrected chi connectivity index (χ1v) is 11.0. The van der Waals surface area contributed by atoms with Crippen molar-refractivity contribution in [3.8, 4) is 11.5 Å². The molecule has 0 radical (unpaired) electrons. The fourth-order valence-corrected chi connectivity index (χ4v) is 4.30. The molecule has 0 fully saturated rings. The molecule has 0 saturated heterocycles. The van der Waals surface area contributed by atoms with Crippen LogP contribution in [0.5, 0.6) is 11.5 Å². The zero-order valence-electron chi connectivity index (χ0n) is 18.5. The Balaban J connectivity index is 1.59. The quantitative estimate of drug-likeness (QED) is 0.522. The number of carbonyl (C=O) groups excluding carboxylic acids is 2. The summed E-state index contributed by atoms with van der Waals surface area (Å²) >= 11 is 6.05. The Labute approximate surface area is 198 Å². The van der Waals surface area contributed by atoms with Gasteiger partial charge in [-0.1, -0.05) is 48.0 Å². The van der Waals surface area contributed by atoms with Crippen molar-refractivity contribution in [3.05, 3.63) is 94.0 Å². The third kappa shape index (κ3) is 4.96. The summed E-state index contributed by atoms with van der Waals surface area (Å²) in [6.45, 7) is 0.793. The van der Waals surface area contributed by atoms with E-state index in [9.17, 15) is 9.59 Å². The number of ether oxygens (including phenoxy) is 2. The molecule has 0 bridgehead atoms. The summed E-state index contributed by atoms with van der Waals surface area (Å²) in [5, 5.41) is 3.56. The van der Waals surface area contributed by atoms with Crippen molar-refractivity contribution in [2.24, 2.45) is 0 Å². The van der Waals surface area contributed by atoms with Crippen LogP contribution < -0.4 is 14.8 Å². The lowest BCUT2D eigenvalue weighted by atomic mass is 10.0. The fraction of sp³-hybridized carbons (Fsp3) is 0.231. The number of carbonyl (C=O) groups is 2. The molecule has 4 rings (SSSR count). The Morgan fingerprint density at radius 3 is 2.55 bits per heavy atom. The molecule has 2 amide bonds. The Bertz CT molecular complexity index is 1180. The highest BCUT2D eigenvalue weighted by Crippen LogP contribution is 2.37. The summed E-state index contributed by atoms with van der Waals surface area (Å²) < 4.78 is 10.8. The van der Waals surface area contributed by atoms with Crippen molar-refractivity contribution in [2.75, 3.05) is 14.2 Å². The average molecular weight is 465 g/mol. The number of benzene rings is 3. The van der Waals surface area contributed by atoms with Crippen molar-refractivity contribution >= 4 is 23.4 Å². The number of halogens is 1. The molecule has 1 atom stereocenters. The molecule has 1 unspecified atom stereocenters. The number of nitrogens with one attached hydrogen (secondary N) is 1. The van der Waals surface area contributed by atoms with Crippen molar-refractivity contribution in [1.29, 1.82) is 0 Å². The summed E-state index contributed by atoms with van der Waals surface area (Å²) in [6, 6.07) is 19.9. The van der Waals surface area contributed by atoms with Crippen LogP contribution in [0.25, 0.3) is 0 Å². The molecule has 7 heteroatoms. The van der Waals surface area contributed by atoms with E-state index in [-0.39, 0.29) is 18.2 Å². The van der Waals surface area contributed by atoms with E-state index < -0.39 is 6.04 Å². The van der Waals surface area contributed by atoms with Crippen molar-refractivity contribution in [2.45, 2.75) is 25.6 Å². The van der Waals surface area contributed by atoms with Crippen LogP contribution in [-0.2, 0) is 17.9 Å². The molecule has 170 valence electrons. The number of amides is 2. The summed E-state index contributed by atoms with van der Waals surface area (Å²) in [5.41, 5.74) is 3.32. The lowest BCUT2D eigenvalue weighted by molar-refractivity contribution is -0.122. The van der Waals surface area contributed by atoms with E-state index in [0.29, 0.717) is 35.2 Å². The van der Waals surface area contributed by atoms with Crippen molar-refractivity contribution in [1.82, 2.24) is 10.2 Å². The molecule has 1 N–H and O–H groups in total. The first-order valence-electron chi connectivity index (χ1n) is 10.6.